The van der Waals surface area contributed by atoms with Crippen molar-refractivity contribution in [2.45, 2.75) is 19.6 Å². The second kappa shape index (κ2) is 11.7. The van der Waals surface area contributed by atoms with Crippen molar-refractivity contribution in [3.8, 4) is 16.9 Å². The zero-order valence-corrected chi connectivity index (χ0v) is 20.5. The third-order valence-electron chi connectivity index (χ3n) is 6.00. The molecule has 0 atom stereocenters. The van der Waals surface area contributed by atoms with Crippen molar-refractivity contribution < 1.29 is 27.1 Å². The molecule has 3 aromatic rings. The number of hydrogen-bond donors (Lipinski definition) is 4. The number of urea groups is 1. The number of ether oxygens (including phenoxy) is 1. The molecule has 0 aliphatic carbocycles. The predicted octanol–water partition coefficient (Wildman–Crippen LogP) is 4.65. The number of carbonyl (C=O) groups excluding carboxylic acids is 1. The van der Waals surface area contributed by atoms with Crippen molar-refractivity contribution >= 4 is 17.4 Å². The van der Waals surface area contributed by atoms with E-state index < -0.39 is 29.1 Å². The summed E-state index contributed by atoms with van der Waals surface area (Å²) in [6.45, 7) is 4.84. The maximum atomic E-state index is 14.8. The number of alkyl halides is 3. The van der Waals surface area contributed by atoms with Gasteiger partial charge < -0.3 is 25.7 Å². The fourth-order valence-electron chi connectivity index (χ4n) is 4.14. The number of nitrogens with zero attached hydrogens (tertiary/aromatic N) is 1. The SMILES string of the molecule is CCOc1cc(-c2ccc(NC(=O)Nc3ccc(CN4CCNCC4)c(C(F)(F)F)c3)c(F)c2)c[nH]c1=O. The quantitative estimate of drug-likeness (QED) is 0.332. The van der Waals surface area contributed by atoms with Gasteiger partial charge >= 0.3 is 12.2 Å². The van der Waals surface area contributed by atoms with Crippen molar-refractivity contribution in [2.75, 3.05) is 43.4 Å². The van der Waals surface area contributed by atoms with Crippen molar-refractivity contribution in [1.29, 1.82) is 0 Å². The van der Waals surface area contributed by atoms with Gasteiger partial charge in [0, 0.05) is 50.2 Å². The van der Waals surface area contributed by atoms with Gasteiger partial charge in [0.05, 0.1) is 17.9 Å². The Bertz CT molecular complexity index is 1350. The zero-order valence-electron chi connectivity index (χ0n) is 20.5. The lowest BCUT2D eigenvalue weighted by molar-refractivity contribution is -0.138. The molecule has 4 N–H and O–H groups in total. The third-order valence-corrected chi connectivity index (χ3v) is 6.00. The summed E-state index contributed by atoms with van der Waals surface area (Å²) in [7, 11) is 0. The monoisotopic (exact) mass is 533 g/mol. The maximum absolute atomic E-state index is 14.8. The highest BCUT2D eigenvalue weighted by Gasteiger charge is 2.34. The number of carbonyl (C=O) groups is 1. The molecule has 2 heterocycles. The van der Waals surface area contributed by atoms with Gasteiger partial charge in [-0.25, -0.2) is 9.18 Å². The van der Waals surface area contributed by atoms with E-state index in [-0.39, 0.29) is 35.8 Å². The highest BCUT2D eigenvalue weighted by molar-refractivity contribution is 6.00. The van der Waals surface area contributed by atoms with Gasteiger partial charge in [0.25, 0.3) is 5.56 Å². The maximum Gasteiger partial charge on any atom is 0.416 e. The standard InChI is InChI=1S/C26H27F4N5O3/c1-2-38-23-12-18(14-32-24(23)36)16-4-6-22(21(27)11-16)34-25(37)33-19-5-3-17(20(13-19)26(28,29)30)15-35-9-7-31-8-10-35/h3-6,11-14,31H,2,7-10,15H2,1H3,(H,32,36)(H2,33,34,37). The lowest BCUT2D eigenvalue weighted by Gasteiger charge is -2.28. The van der Waals surface area contributed by atoms with Crippen LogP contribution in [-0.2, 0) is 12.7 Å². The minimum atomic E-state index is -4.61. The molecular formula is C26H27F4N5O3. The molecule has 202 valence electrons. The van der Waals surface area contributed by atoms with Gasteiger partial charge in [-0.1, -0.05) is 12.1 Å². The first-order valence-electron chi connectivity index (χ1n) is 12.0. The second-order valence-corrected chi connectivity index (χ2v) is 8.68. The van der Waals surface area contributed by atoms with Crippen LogP contribution in [0.5, 0.6) is 5.75 Å². The number of anilines is 2. The first kappa shape index (κ1) is 27.1. The highest BCUT2D eigenvalue weighted by Crippen LogP contribution is 2.34. The zero-order chi connectivity index (χ0) is 27.3. The molecule has 12 heteroatoms. The Morgan fingerprint density at radius 3 is 2.50 bits per heavy atom. The van der Waals surface area contributed by atoms with E-state index in [1.165, 1.54) is 36.5 Å². The average molecular weight is 534 g/mol. The molecule has 1 saturated heterocycles. The van der Waals surface area contributed by atoms with Gasteiger partial charge in [-0.05, 0) is 48.4 Å². The Kier molecular flexibility index (Phi) is 8.32. The Morgan fingerprint density at radius 2 is 1.82 bits per heavy atom. The van der Waals surface area contributed by atoms with Gasteiger partial charge in [0.15, 0.2) is 5.75 Å². The van der Waals surface area contributed by atoms with Crippen LogP contribution in [-0.4, -0.2) is 48.7 Å². The molecule has 38 heavy (non-hydrogen) atoms. The molecule has 0 unspecified atom stereocenters. The first-order chi connectivity index (χ1) is 18.1. The van der Waals surface area contributed by atoms with Crippen LogP contribution in [0.15, 0.2) is 53.5 Å². The number of aromatic amines is 1. The van der Waals surface area contributed by atoms with Crippen LogP contribution in [0.3, 0.4) is 0 Å². The van der Waals surface area contributed by atoms with E-state index in [1.807, 2.05) is 4.90 Å². The fourth-order valence-corrected chi connectivity index (χ4v) is 4.14. The number of rotatable bonds is 7. The Labute approximate surface area is 216 Å². The van der Waals surface area contributed by atoms with Gasteiger partial charge in [-0.15, -0.1) is 0 Å². The molecule has 0 bridgehead atoms. The number of nitrogens with one attached hydrogen (secondary N) is 4. The van der Waals surface area contributed by atoms with E-state index in [4.69, 9.17) is 4.74 Å². The van der Waals surface area contributed by atoms with Crippen LogP contribution < -0.4 is 26.2 Å². The minimum Gasteiger partial charge on any atom is -0.488 e. The van der Waals surface area contributed by atoms with Gasteiger partial charge in [-0.2, -0.15) is 13.2 Å². The summed E-state index contributed by atoms with van der Waals surface area (Å²) >= 11 is 0. The smallest absolute Gasteiger partial charge is 0.416 e. The van der Waals surface area contributed by atoms with Crippen LogP contribution in [0, 0.1) is 5.82 Å². The molecule has 2 amide bonds. The first-order valence-corrected chi connectivity index (χ1v) is 12.0. The van der Waals surface area contributed by atoms with Crippen LogP contribution in [0.4, 0.5) is 33.7 Å². The van der Waals surface area contributed by atoms with Crippen LogP contribution >= 0.6 is 0 Å². The average Bonchev–Trinajstić information content (AvgIpc) is 2.87. The molecule has 1 fully saturated rings. The summed E-state index contributed by atoms with van der Waals surface area (Å²) < 4.78 is 61.3. The van der Waals surface area contributed by atoms with E-state index >= 15 is 0 Å². The number of piperazine rings is 1. The molecule has 0 radical (unpaired) electrons. The Morgan fingerprint density at radius 1 is 1.05 bits per heavy atom. The molecule has 4 rings (SSSR count). The van der Waals surface area contributed by atoms with Crippen molar-refractivity contribution in [3.05, 3.63) is 76.0 Å². The van der Waals surface area contributed by atoms with Gasteiger partial charge in [0.1, 0.15) is 5.82 Å². The van der Waals surface area contributed by atoms with Gasteiger partial charge in [0.2, 0.25) is 0 Å². The van der Waals surface area contributed by atoms with E-state index in [2.05, 4.69) is 20.9 Å². The Hall–Kier alpha value is -3.90. The number of aromatic nitrogens is 1. The molecule has 2 aromatic carbocycles. The van der Waals surface area contributed by atoms with Gasteiger partial charge in [-0.3, -0.25) is 9.69 Å². The fraction of sp³-hybridized carbons (Fsp3) is 0.308. The molecule has 1 aliphatic rings. The predicted molar refractivity (Wildman–Crippen MR) is 136 cm³/mol. The highest BCUT2D eigenvalue weighted by atomic mass is 19.4. The number of amides is 2. The second-order valence-electron chi connectivity index (χ2n) is 8.68. The largest absolute Gasteiger partial charge is 0.488 e. The Balaban J connectivity index is 1.46. The lowest BCUT2D eigenvalue weighted by atomic mass is 10.0. The van der Waals surface area contributed by atoms with Crippen molar-refractivity contribution in [3.63, 3.8) is 0 Å². The van der Waals surface area contributed by atoms with Crippen LogP contribution in [0.2, 0.25) is 0 Å². The normalized spacial score (nSPS) is 14.2. The molecule has 1 aliphatic heterocycles. The summed E-state index contributed by atoms with van der Waals surface area (Å²) in [5, 5.41) is 7.81. The summed E-state index contributed by atoms with van der Waals surface area (Å²) in [6, 6.07) is 8.17. The number of H-pyrrole nitrogens is 1. The number of halogens is 4. The summed E-state index contributed by atoms with van der Waals surface area (Å²) in [5.41, 5.74) is -0.487. The lowest BCUT2D eigenvalue weighted by Crippen LogP contribution is -2.43. The van der Waals surface area contributed by atoms with Crippen molar-refractivity contribution in [1.82, 2.24) is 15.2 Å². The van der Waals surface area contributed by atoms with E-state index in [1.54, 1.807) is 6.92 Å². The number of benzene rings is 2. The van der Waals surface area contributed by atoms with E-state index in [9.17, 15) is 27.2 Å². The molecular weight excluding hydrogens is 506 g/mol. The van der Waals surface area contributed by atoms with Crippen LogP contribution in [0.1, 0.15) is 18.1 Å². The molecule has 0 saturated carbocycles. The molecule has 8 nitrogen and oxygen atoms in total. The number of pyridine rings is 1. The summed E-state index contributed by atoms with van der Waals surface area (Å²) in [6.07, 6.45) is -3.20. The van der Waals surface area contributed by atoms with E-state index in [0.717, 1.165) is 12.1 Å². The van der Waals surface area contributed by atoms with Crippen LogP contribution in [0.25, 0.3) is 11.1 Å². The minimum absolute atomic E-state index is 0.0763. The summed E-state index contributed by atoms with van der Waals surface area (Å²) in [5.74, 6) is -0.687. The molecule has 1 aromatic heterocycles. The van der Waals surface area contributed by atoms with E-state index in [0.29, 0.717) is 37.3 Å². The summed E-state index contributed by atoms with van der Waals surface area (Å²) in [4.78, 5) is 28.7. The van der Waals surface area contributed by atoms with Crippen molar-refractivity contribution in [2.24, 2.45) is 0 Å². The molecule has 0 spiro atoms. The number of hydrogen-bond acceptors (Lipinski definition) is 5. The third kappa shape index (κ3) is 6.69. The topological polar surface area (TPSA) is 98.5 Å².